The van der Waals surface area contributed by atoms with Crippen molar-refractivity contribution < 1.29 is 24.6 Å². The van der Waals surface area contributed by atoms with Gasteiger partial charge in [-0.05, 0) is 18.9 Å². The van der Waals surface area contributed by atoms with Crippen LogP contribution in [0.2, 0.25) is 0 Å². The molecule has 2 unspecified atom stereocenters. The molecule has 8 heteroatoms. The van der Waals surface area contributed by atoms with Crippen LogP contribution in [0, 0.1) is 0 Å². The van der Waals surface area contributed by atoms with Crippen LogP contribution in [0.5, 0.6) is 0 Å². The number of piperazine rings is 1. The van der Waals surface area contributed by atoms with Crippen molar-refractivity contribution in [2.75, 3.05) is 13.1 Å². The number of nitrogens with zero attached hydrogens (tertiary/aromatic N) is 1. The van der Waals surface area contributed by atoms with Crippen LogP contribution in [0.15, 0.2) is 22.8 Å². The van der Waals surface area contributed by atoms with E-state index in [1.54, 1.807) is 6.08 Å². The summed E-state index contributed by atoms with van der Waals surface area (Å²) < 4.78 is 0. The molecule has 0 bridgehead atoms. The molecule has 21 heavy (non-hydrogen) atoms. The molecule has 2 rings (SSSR count). The molecule has 1 aliphatic carbocycles. The minimum Gasteiger partial charge on any atom is -0.480 e. The Kier molecular flexibility index (Phi) is 4.64. The van der Waals surface area contributed by atoms with E-state index >= 15 is 0 Å². The Labute approximate surface area is 125 Å². The smallest absolute Gasteiger partial charge is 0.328 e. The molecule has 7 nitrogen and oxygen atoms in total. The molecule has 1 aliphatic heterocycles. The third kappa shape index (κ3) is 3.25. The van der Waals surface area contributed by atoms with Crippen LogP contribution in [0.1, 0.15) is 12.8 Å². The maximum absolute atomic E-state index is 12.5. The quantitative estimate of drug-likeness (QED) is 0.685. The van der Waals surface area contributed by atoms with Crippen LogP contribution < -0.4 is 5.32 Å². The molecule has 1 fully saturated rings. The number of hydrogen-bond acceptors (Lipinski definition) is 4. The lowest BCUT2D eigenvalue weighted by Gasteiger charge is -2.38. The molecule has 2 aliphatic rings. The standard InChI is InChI=1S/C13H15ClN2O5/c14-8-3-1-2-7(6-8)11(17)16-5-4-15-9(12(18)19)10(16)13(20)21/h3,6,9-10,15H,1-2,4-5H2,(H,18,19)(H,20,21). The van der Waals surface area contributed by atoms with Crippen molar-refractivity contribution in [2.24, 2.45) is 0 Å². The van der Waals surface area contributed by atoms with E-state index in [9.17, 15) is 19.5 Å². The summed E-state index contributed by atoms with van der Waals surface area (Å²) in [5.74, 6) is -3.11. The number of amides is 1. The van der Waals surface area contributed by atoms with Crippen molar-refractivity contribution in [3.63, 3.8) is 0 Å². The second-order valence-electron chi connectivity index (χ2n) is 4.85. The van der Waals surface area contributed by atoms with Gasteiger partial charge >= 0.3 is 11.9 Å². The first kappa shape index (κ1) is 15.5. The summed E-state index contributed by atoms with van der Waals surface area (Å²) in [6, 6.07) is -2.76. The van der Waals surface area contributed by atoms with E-state index in [4.69, 9.17) is 16.7 Å². The van der Waals surface area contributed by atoms with E-state index in [2.05, 4.69) is 5.32 Å². The predicted octanol–water partition coefficient (Wildman–Crippen LogP) is 0.168. The first-order valence-corrected chi connectivity index (χ1v) is 6.86. The minimum absolute atomic E-state index is 0.137. The number of carbonyl (C=O) groups is 3. The molecule has 0 radical (unpaired) electrons. The third-order valence-corrected chi connectivity index (χ3v) is 3.75. The Morgan fingerprint density at radius 1 is 1.29 bits per heavy atom. The van der Waals surface area contributed by atoms with Crippen molar-refractivity contribution >= 4 is 29.4 Å². The molecule has 3 N–H and O–H groups in total. The van der Waals surface area contributed by atoms with Crippen molar-refractivity contribution in [2.45, 2.75) is 24.9 Å². The summed E-state index contributed by atoms with van der Waals surface area (Å²) in [5.41, 5.74) is 0.403. The molecule has 0 aromatic rings. The predicted molar refractivity (Wildman–Crippen MR) is 73.8 cm³/mol. The summed E-state index contributed by atoms with van der Waals surface area (Å²) in [6.45, 7) is 0.363. The van der Waals surface area contributed by atoms with E-state index in [1.807, 2.05) is 0 Å². The van der Waals surface area contributed by atoms with E-state index in [0.29, 0.717) is 23.4 Å². The van der Waals surface area contributed by atoms with E-state index < -0.39 is 29.9 Å². The second-order valence-corrected chi connectivity index (χ2v) is 5.29. The highest BCUT2D eigenvalue weighted by molar-refractivity contribution is 6.31. The Balaban J connectivity index is 2.27. The van der Waals surface area contributed by atoms with Gasteiger partial charge in [0, 0.05) is 23.7 Å². The fourth-order valence-corrected chi connectivity index (χ4v) is 2.75. The van der Waals surface area contributed by atoms with Crippen molar-refractivity contribution in [3.05, 3.63) is 22.8 Å². The first-order chi connectivity index (χ1) is 9.91. The lowest BCUT2D eigenvalue weighted by Crippen LogP contribution is -2.65. The fraction of sp³-hybridized carbons (Fsp3) is 0.462. The zero-order valence-electron chi connectivity index (χ0n) is 11.1. The van der Waals surface area contributed by atoms with Crippen molar-refractivity contribution in [1.82, 2.24) is 10.2 Å². The van der Waals surface area contributed by atoms with Gasteiger partial charge in [0.1, 0.15) is 6.04 Å². The van der Waals surface area contributed by atoms with Gasteiger partial charge in [0.25, 0.3) is 5.91 Å². The third-order valence-electron chi connectivity index (χ3n) is 3.49. The number of hydrogen-bond donors (Lipinski definition) is 3. The number of allylic oxidation sites excluding steroid dienone is 3. The molecule has 0 aromatic carbocycles. The van der Waals surface area contributed by atoms with Gasteiger partial charge in [0.05, 0.1) is 0 Å². The Morgan fingerprint density at radius 2 is 2.00 bits per heavy atom. The van der Waals surface area contributed by atoms with Crippen molar-refractivity contribution in [3.8, 4) is 0 Å². The normalized spacial score (nSPS) is 25.9. The molecule has 114 valence electrons. The lowest BCUT2D eigenvalue weighted by molar-refractivity contribution is -0.158. The van der Waals surface area contributed by atoms with Gasteiger partial charge in [-0.15, -0.1) is 0 Å². The average molecular weight is 315 g/mol. The van der Waals surface area contributed by atoms with Gasteiger partial charge in [-0.3, -0.25) is 9.59 Å². The molecule has 2 atom stereocenters. The van der Waals surface area contributed by atoms with Crippen LogP contribution >= 0.6 is 11.6 Å². The molecule has 0 saturated carbocycles. The first-order valence-electron chi connectivity index (χ1n) is 6.48. The number of carboxylic acid groups (broad SMARTS) is 2. The zero-order valence-corrected chi connectivity index (χ0v) is 11.8. The SMILES string of the molecule is O=C(O)C1NCCN(C(=O)C2=CC(Cl)=CCC2)C1C(=O)O. The van der Waals surface area contributed by atoms with Crippen LogP contribution in [0.4, 0.5) is 0 Å². The number of carbonyl (C=O) groups excluding carboxylic acids is 1. The fourth-order valence-electron chi connectivity index (χ4n) is 2.51. The molecule has 0 spiro atoms. The van der Waals surface area contributed by atoms with E-state index in [-0.39, 0.29) is 13.1 Å². The van der Waals surface area contributed by atoms with Gasteiger partial charge in [-0.2, -0.15) is 0 Å². The molecular formula is C13H15ClN2O5. The van der Waals surface area contributed by atoms with E-state index in [1.165, 1.54) is 6.08 Å². The minimum atomic E-state index is -1.44. The topological polar surface area (TPSA) is 107 Å². The highest BCUT2D eigenvalue weighted by atomic mass is 35.5. The summed E-state index contributed by atoms with van der Waals surface area (Å²) in [5, 5.41) is 21.4. The van der Waals surface area contributed by atoms with E-state index in [0.717, 1.165) is 4.90 Å². The van der Waals surface area contributed by atoms with Crippen LogP contribution in [-0.2, 0) is 14.4 Å². The highest BCUT2D eigenvalue weighted by Gasteiger charge is 2.43. The molecule has 1 saturated heterocycles. The molecule has 1 heterocycles. The van der Waals surface area contributed by atoms with Gasteiger partial charge in [0.2, 0.25) is 0 Å². The highest BCUT2D eigenvalue weighted by Crippen LogP contribution is 2.23. The van der Waals surface area contributed by atoms with Crippen LogP contribution in [0.3, 0.4) is 0 Å². The maximum atomic E-state index is 12.5. The Hall–Kier alpha value is -1.86. The number of carboxylic acids is 2. The van der Waals surface area contributed by atoms with Gasteiger partial charge in [0.15, 0.2) is 6.04 Å². The second kappa shape index (κ2) is 6.28. The number of rotatable bonds is 3. The Morgan fingerprint density at radius 3 is 2.57 bits per heavy atom. The lowest BCUT2D eigenvalue weighted by atomic mass is 9.99. The largest absolute Gasteiger partial charge is 0.480 e. The van der Waals surface area contributed by atoms with Gasteiger partial charge in [-0.25, -0.2) is 4.79 Å². The zero-order chi connectivity index (χ0) is 15.6. The Bertz CT molecular complexity index is 543. The number of nitrogens with one attached hydrogen (secondary N) is 1. The number of halogens is 1. The molecular weight excluding hydrogens is 300 g/mol. The molecule has 0 aromatic heterocycles. The summed E-state index contributed by atoms with van der Waals surface area (Å²) in [6.07, 6.45) is 4.33. The van der Waals surface area contributed by atoms with Gasteiger partial charge in [-0.1, -0.05) is 17.7 Å². The summed E-state index contributed by atoms with van der Waals surface area (Å²) in [7, 11) is 0. The number of aliphatic carboxylic acids is 2. The average Bonchev–Trinajstić information content (AvgIpc) is 2.45. The van der Waals surface area contributed by atoms with Crippen LogP contribution in [0.25, 0.3) is 0 Å². The molecule has 1 amide bonds. The van der Waals surface area contributed by atoms with Gasteiger partial charge < -0.3 is 20.4 Å². The van der Waals surface area contributed by atoms with Crippen LogP contribution in [-0.4, -0.2) is 58.1 Å². The summed E-state index contributed by atoms with van der Waals surface area (Å²) in [4.78, 5) is 36.1. The monoisotopic (exact) mass is 314 g/mol. The maximum Gasteiger partial charge on any atom is 0.328 e. The summed E-state index contributed by atoms with van der Waals surface area (Å²) >= 11 is 5.86. The van der Waals surface area contributed by atoms with Crippen molar-refractivity contribution in [1.29, 1.82) is 0 Å².